The minimum atomic E-state index is -1.26. The number of aliphatic hydroxyl groups is 1. The number of aliphatic hydroxyl groups excluding tert-OH is 1. The average Bonchev–Trinajstić information content (AvgIpc) is 2.22. The summed E-state index contributed by atoms with van der Waals surface area (Å²) in [6.45, 7) is 5.82. The summed E-state index contributed by atoms with van der Waals surface area (Å²) in [5.41, 5.74) is -0.0325. The molecule has 0 spiro atoms. The van der Waals surface area contributed by atoms with E-state index in [-0.39, 0.29) is 5.41 Å². The number of carboxylic acids is 1. The lowest BCUT2D eigenvalue weighted by Gasteiger charge is -2.23. The minimum Gasteiger partial charge on any atom is -0.480 e. The van der Waals surface area contributed by atoms with E-state index in [1.165, 1.54) is 0 Å². The largest absolute Gasteiger partial charge is 0.480 e. The lowest BCUT2D eigenvalue weighted by molar-refractivity contribution is -0.140. The van der Waals surface area contributed by atoms with Crippen molar-refractivity contribution in [1.82, 2.24) is 10.6 Å². The Bertz CT molecular complexity index is 253. The first kappa shape index (κ1) is 14.7. The maximum atomic E-state index is 11.3. The molecule has 0 aromatic carbocycles. The second-order valence-corrected chi connectivity index (χ2v) is 4.42. The lowest BCUT2D eigenvalue weighted by Crippen LogP contribution is -2.49. The predicted octanol–water partition coefficient (Wildman–Crippen LogP) is 0.167. The van der Waals surface area contributed by atoms with Gasteiger partial charge in [-0.2, -0.15) is 0 Å². The molecule has 0 rings (SSSR count). The summed E-state index contributed by atoms with van der Waals surface area (Å²) >= 11 is 0. The third kappa shape index (κ3) is 5.55. The van der Waals surface area contributed by atoms with Crippen LogP contribution in [0.1, 0.15) is 27.2 Å². The highest BCUT2D eigenvalue weighted by Crippen LogP contribution is 2.17. The third-order valence-corrected chi connectivity index (χ3v) is 2.47. The van der Waals surface area contributed by atoms with Crippen LogP contribution >= 0.6 is 0 Å². The van der Waals surface area contributed by atoms with Crippen LogP contribution in [0.5, 0.6) is 0 Å². The number of carbonyl (C=O) groups is 2. The summed E-state index contributed by atoms with van der Waals surface area (Å²) in [5, 5.41) is 22.0. The van der Waals surface area contributed by atoms with E-state index >= 15 is 0 Å². The van der Waals surface area contributed by atoms with Gasteiger partial charge in [-0.15, -0.1) is 0 Å². The first-order chi connectivity index (χ1) is 7.32. The predicted molar refractivity (Wildman–Crippen MR) is 59.1 cm³/mol. The minimum absolute atomic E-state index is 0.0325. The Balaban J connectivity index is 4.04. The van der Waals surface area contributed by atoms with Gasteiger partial charge in [-0.1, -0.05) is 20.8 Å². The molecule has 0 aromatic rings. The smallest absolute Gasteiger partial charge is 0.328 e. The number of hydrogen-bond acceptors (Lipinski definition) is 3. The number of aliphatic carboxylic acids is 1. The van der Waals surface area contributed by atoms with Crippen LogP contribution in [0.25, 0.3) is 0 Å². The summed E-state index contributed by atoms with van der Waals surface area (Å²) in [6.07, 6.45) is 0.898. The van der Waals surface area contributed by atoms with Gasteiger partial charge in [-0.3, -0.25) is 0 Å². The molecule has 6 heteroatoms. The summed E-state index contributed by atoms with van der Waals surface area (Å²) in [6, 6.07) is -1.84. The number of carboxylic acid groups (broad SMARTS) is 1. The third-order valence-electron chi connectivity index (χ3n) is 2.47. The summed E-state index contributed by atoms with van der Waals surface area (Å²) in [4.78, 5) is 21.8. The molecule has 1 unspecified atom stereocenters. The number of urea groups is 1. The van der Waals surface area contributed by atoms with Crippen molar-refractivity contribution in [2.75, 3.05) is 13.2 Å². The molecule has 6 nitrogen and oxygen atoms in total. The second kappa shape index (κ2) is 6.32. The average molecular weight is 232 g/mol. The molecule has 2 amide bonds. The molecular formula is C10H20N2O4. The van der Waals surface area contributed by atoms with Crippen molar-refractivity contribution in [1.29, 1.82) is 0 Å². The van der Waals surface area contributed by atoms with E-state index < -0.39 is 24.6 Å². The van der Waals surface area contributed by atoms with Crippen LogP contribution in [0, 0.1) is 5.41 Å². The molecule has 0 saturated carbocycles. The Morgan fingerprint density at radius 1 is 1.38 bits per heavy atom. The molecule has 0 aliphatic rings. The van der Waals surface area contributed by atoms with Crippen LogP contribution in [0.2, 0.25) is 0 Å². The van der Waals surface area contributed by atoms with E-state index in [0.717, 1.165) is 6.42 Å². The second-order valence-electron chi connectivity index (χ2n) is 4.42. The van der Waals surface area contributed by atoms with Gasteiger partial charge in [-0.05, 0) is 11.8 Å². The fraction of sp³-hybridized carbons (Fsp3) is 0.800. The van der Waals surface area contributed by atoms with Gasteiger partial charge in [0, 0.05) is 6.54 Å². The molecular weight excluding hydrogens is 212 g/mol. The molecule has 0 heterocycles. The van der Waals surface area contributed by atoms with Gasteiger partial charge >= 0.3 is 12.0 Å². The number of amides is 2. The van der Waals surface area contributed by atoms with Crippen molar-refractivity contribution in [3.05, 3.63) is 0 Å². The quantitative estimate of drug-likeness (QED) is 0.524. The zero-order valence-corrected chi connectivity index (χ0v) is 9.91. The number of hydrogen-bond donors (Lipinski definition) is 4. The molecule has 16 heavy (non-hydrogen) atoms. The molecule has 0 aliphatic carbocycles. The van der Waals surface area contributed by atoms with Gasteiger partial charge in [0.05, 0.1) is 6.61 Å². The van der Waals surface area contributed by atoms with E-state index in [9.17, 15) is 9.59 Å². The van der Waals surface area contributed by atoms with Crippen LogP contribution in [0.15, 0.2) is 0 Å². The Hall–Kier alpha value is -1.30. The molecule has 0 aromatic heterocycles. The van der Waals surface area contributed by atoms with Crippen molar-refractivity contribution in [2.45, 2.75) is 33.2 Å². The maximum Gasteiger partial charge on any atom is 0.328 e. The highest BCUT2D eigenvalue weighted by Gasteiger charge is 2.20. The van der Waals surface area contributed by atoms with E-state index in [2.05, 4.69) is 10.6 Å². The van der Waals surface area contributed by atoms with Gasteiger partial charge in [0.1, 0.15) is 0 Å². The molecule has 1 atom stereocenters. The van der Waals surface area contributed by atoms with E-state index in [1.807, 2.05) is 20.8 Å². The molecule has 0 fully saturated rings. The maximum absolute atomic E-state index is 11.3. The van der Waals surface area contributed by atoms with Crippen molar-refractivity contribution in [2.24, 2.45) is 5.41 Å². The van der Waals surface area contributed by atoms with Crippen LogP contribution in [0.3, 0.4) is 0 Å². The summed E-state index contributed by atoms with van der Waals surface area (Å²) < 4.78 is 0. The van der Waals surface area contributed by atoms with Crippen molar-refractivity contribution < 1.29 is 19.8 Å². The molecule has 4 N–H and O–H groups in total. The first-order valence-electron chi connectivity index (χ1n) is 5.20. The fourth-order valence-electron chi connectivity index (χ4n) is 0.839. The monoisotopic (exact) mass is 232 g/mol. The summed E-state index contributed by atoms with van der Waals surface area (Å²) in [5.74, 6) is -1.26. The van der Waals surface area contributed by atoms with Crippen LogP contribution in [0.4, 0.5) is 4.79 Å². The number of rotatable bonds is 6. The van der Waals surface area contributed by atoms with Crippen molar-refractivity contribution in [3.8, 4) is 0 Å². The van der Waals surface area contributed by atoms with Gasteiger partial charge in [0.15, 0.2) is 6.04 Å². The molecule has 0 radical (unpaired) electrons. The molecule has 0 saturated heterocycles. The van der Waals surface area contributed by atoms with Crippen LogP contribution in [-0.2, 0) is 4.79 Å². The Morgan fingerprint density at radius 2 is 1.94 bits per heavy atom. The Labute approximate surface area is 95.0 Å². The summed E-state index contributed by atoms with van der Waals surface area (Å²) in [7, 11) is 0. The lowest BCUT2D eigenvalue weighted by atomic mass is 9.90. The van der Waals surface area contributed by atoms with Gasteiger partial charge in [-0.25, -0.2) is 9.59 Å². The molecule has 94 valence electrons. The Morgan fingerprint density at radius 3 is 2.31 bits per heavy atom. The normalized spacial score (nSPS) is 13.0. The van der Waals surface area contributed by atoms with E-state index in [1.54, 1.807) is 0 Å². The van der Waals surface area contributed by atoms with Crippen molar-refractivity contribution >= 4 is 12.0 Å². The van der Waals surface area contributed by atoms with E-state index in [0.29, 0.717) is 6.54 Å². The van der Waals surface area contributed by atoms with Crippen LogP contribution in [-0.4, -0.2) is 41.4 Å². The SMILES string of the molecule is CCC(C)(C)CNC(=O)NC(CO)C(=O)O. The van der Waals surface area contributed by atoms with Gasteiger partial charge in [0.2, 0.25) is 0 Å². The highest BCUT2D eigenvalue weighted by molar-refractivity contribution is 5.82. The number of carbonyl (C=O) groups excluding carboxylic acids is 1. The zero-order chi connectivity index (χ0) is 12.8. The molecule has 0 bridgehead atoms. The Kier molecular flexibility index (Phi) is 5.81. The van der Waals surface area contributed by atoms with Gasteiger partial charge < -0.3 is 20.8 Å². The highest BCUT2D eigenvalue weighted by atomic mass is 16.4. The number of nitrogens with one attached hydrogen (secondary N) is 2. The van der Waals surface area contributed by atoms with E-state index in [4.69, 9.17) is 10.2 Å². The van der Waals surface area contributed by atoms with Crippen molar-refractivity contribution in [3.63, 3.8) is 0 Å². The standard InChI is InChI=1S/C10H20N2O4/c1-4-10(2,3)6-11-9(16)12-7(5-13)8(14)15/h7,13H,4-6H2,1-3H3,(H,14,15)(H2,11,12,16). The fourth-order valence-corrected chi connectivity index (χ4v) is 0.839. The van der Waals surface area contributed by atoms with Crippen LogP contribution < -0.4 is 10.6 Å². The zero-order valence-electron chi connectivity index (χ0n) is 9.91. The topological polar surface area (TPSA) is 98.7 Å². The first-order valence-corrected chi connectivity index (χ1v) is 5.20. The molecule has 0 aliphatic heterocycles. The van der Waals surface area contributed by atoms with Gasteiger partial charge in [0.25, 0.3) is 0 Å².